The first-order valence-corrected chi connectivity index (χ1v) is 4.38. The second-order valence-electron chi connectivity index (χ2n) is 2.04. The second kappa shape index (κ2) is 3.04. The smallest absolute Gasteiger partial charge is 0.210 e. The Labute approximate surface area is 54.6 Å². The summed E-state index contributed by atoms with van der Waals surface area (Å²) in [5.74, 6) is -0.181. The molecule has 52 valence electrons. The van der Waals surface area contributed by atoms with Crippen molar-refractivity contribution in [2.24, 2.45) is 0 Å². The molecule has 2 atom stereocenters. The molecule has 4 heteroatoms. The topological polar surface area (TPSA) is 49.3 Å². The molecule has 1 rings (SSSR count). The fourth-order valence-electron chi connectivity index (χ4n) is 0.809. The Bertz CT molecular complexity index is 146. The van der Waals surface area contributed by atoms with E-state index in [0.29, 0.717) is 0 Å². The highest BCUT2D eigenvalue weighted by molar-refractivity contribution is 7.38. The summed E-state index contributed by atoms with van der Waals surface area (Å²) in [4.78, 5) is 8.63. The van der Waals surface area contributed by atoms with E-state index in [1.54, 1.807) is 6.20 Å². The molecule has 2 N–H and O–H groups in total. The van der Waals surface area contributed by atoms with Gasteiger partial charge in [-0.3, -0.25) is 4.57 Å². The summed E-state index contributed by atoms with van der Waals surface area (Å²) in [5.41, 5.74) is 0. The fraction of sp³-hybridized carbons (Fsp3) is 0.600. The molecular weight excluding hydrogens is 137 g/mol. The van der Waals surface area contributed by atoms with Gasteiger partial charge in [0.05, 0.1) is 0 Å². The lowest BCUT2D eigenvalue weighted by Crippen LogP contribution is -2.22. The van der Waals surface area contributed by atoms with Gasteiger partial charge in [0.15, 0.2) is 0 Å². The zero-order chi connectivity index (χ0) is 6.69. The first-order chi connectivity index (χ1) is 4.30. The van der Waals surface area contributed by atoms with E-state index in [4.69, 9.17) is 4.89 Å². The van der Waals surface area contributed by atoms with Crippen LogP contribution in [0.4, 0.5) is 0 Å². The van der Waals surface area contributed by atoms with Crippen molar-refractivity contribution in [3.63, 3.8) is 0 Å². The van der Waals surface area contributed by atoms with Gasteiger partial charge in [0.1, 0.15) is 5.78 Å². The molecule has 0 aromatic heterocycles. The first-order valence-electron chi connectivity index (χ1n) is 2.94. The van der Waals surface area contributed by atoms with Gasteiger partial charge < -0.3 is 10.2 Å². The van der Waals surface area contributed by atoms with Crippen molar-refractivity contribution in [2.75, 3.05) is 0 Å². The van der Waals surface area contributed by atoms with Crippen LogP contribution in [0.15, 0.2) is 12.3 Å². The number of nitrogens with one attached hydrogen (secondary N) is 1. The number of hydrogen-bond acceptors (Lipinski definition) is 2. The monoisotopic (exact) mass is 147 g/mol. The Balaban J connectivity index is 2.44. The van der Waals surface area contributed by atoms with Crippen molar-refractivity contribution < 1.29 is 9.46 Å². The van der Waals surface area contributed by atoms with E-state index in [1.807, 2.05) is 6.08 Å². The van der Waals surface area contributed by atoms with E-state index < -0.39 is 8.03 Å². The predicted molar refractivity (Wildman–Crippen MR) is 36.5 cm³/mol. The predicted octanol–water partition coefficient (Wildman–Crippen LogP) is 0.677. The Morgan fingerprint density at radius 2 is 2.56 bits per heavy atom. The summed E-state index contributed by atoms with van der Waals surface area (Å²) >= 11 is 0. The van der Waals surface area contributed by atoms with Crippen LogP contribution < -0.4 is 5.32 Å². The molecule has 2 unspecified atom stereocenters. The summed E-state index contributed by atoms with van der Waals surface area (Å²) in [6.45, 7) is 0. The van der Waals surface area contributed by atoms with E-state index >= 15 is 0 Å². The minimum Gasteiger partial charge on any atom is -0.380 e. The maximum absolute atomic E-state index is 10.4. The van der Waals surface area contributed by atoms with Crippen LogP contribution in [0.2, 0.25) is 0 Å². The van der Waals surface area contributed by atoms with Crippen LogP contribution in [0.5, 0.6) is 0 Å². The van der Waals surface area contributed by atoms with E-state index in [2.05, 4.69) is 5.32 Å². The highest BCUT2D eigenvalue weighted by Crippen LogP contribution is 2.25. The molecule has 0 amide bonds. The summed E-state index contributed by atoms with van der Waals surface area (Å²) in [7, 11) is -2.35. The summed E-state index contributed by atoms with van der Waals surface area (Å²) in [6, 6.07) is 0. The molecule has 0 radical (unpaired) electrons. The first kappa shape index (κ1) is 6.84. The maximum atomic E-state index is 10.4. The standard InChI is InChI=1S/C5H10NO2P/c7-9(8)5-3-1-2-4-6-5/h2,4-6,9H,1,3H2,(H,7,8). The van der Waals surface area contributed by atoms with Crippen LogP contribution >= 0.6 is 8.03 Å². The third-order valence-corrected chi connectivity index (χ3v) is 2.39. The van der Waals surface area contributed by atoms with Crippen LogP contribution in [-0.2, 0) is 4.57 Å². The van der Waals surface area contributed by atoms with Gasteiger partial charge in [0.25, 0.3) is 0 Å². The van der Waals surface area contributed by atoms with Gasteiger partial charge in [-0.05, 0) is 19.0 Å². The molecule has 3 nitrogen and oxygen atoms in total. The minimum absolute atomic E-state index is 0.181. The van der Waals surface area contributed by atoms with Gasteiger partial charge in [-0.1, -0.05) is 6.08 Å². The van der Waals surface area contributed by atoms with E-state index in [9.17, 15) is 4.57 Å². The molecule has 1 aliphatic heterocycles. The highest BCUT2D eigenvalue weighted by Gasteiger charge is 2.12. The summed E-state index contributed by atoms with van der Waals surface area (Å²) in [5, 5.41) is 2.82. The third-order valence-electron chi connectivity index (χ3n) is 1.34. The van der Waals surface area contributed by atoms with Gasteiger partial charge in [0.2, 0.25) is 8.03 Å². The average Bonchev–Trinajstić information content (AvgIpc) is 1.90. The SMILES string of the molecule is O=[PH](O)C1CCC=CN1. The van der Waals surface area contributed by atoms with Gasteiger partial charge >= 0.3 is 0 Å². The Hall–Kier alpha value is -0.270. The van der Waals surface area contributed by atoms with Crippen molar-refractivity contribution in [1.29, 1.82) is 0 Å². The minimum atomic E-state index is -2.35. The van der Waals surface area contributed by atoms with Crippen LogP contribution in [0.3, 0.4) is 0 Å². The lowest BCUT2D eigenvalue weighted by molar-refractivity contribution is 0.472. The number of hydrogen-bond donors (Lipinski definition) is 2. The quantitative estimate of drug-likeness (QED) is 0.536. The van der Waals surface area contributed by atoms with Crippen molar-refractivity contribution in [1.82, 2.24) is 5.32 Å². The largest absolute Gasteiger partial charge is 0.380 e. The Morgan fingerprint density at radius 3 is 2.89 bits per heavy atom. The second-order valence-corrected chi connectivity index (χ2v) is 3.41. The third kappa shape index (κ3) is 1.84. The van der Waals surface area contributed by atoms with Gasteiger partial charge in [-0.15, -0.1) is 0 Å². The van der Waals surface area contributed by atoms with Crippen molar-refractivity contribution >= 4 is 8.03 Å². The van der Waals surface area contributed by atoms with Crippen LogP contribution in [0.1, 0.15) is 12.8 Å². The molecule has 1 aliphatic rings. The van der Waals surface area contributed by atoms with E-state index in [-0.39, 0.29) is 5.78 Å². The molecule has 0 saturated heterocycles. The van der Waals surface area contributed by atoms with Crippen LogP contribution in [-0.4, -0.2) is 10.7 Å². The zero-order valence-corrected chi connectivity index (χ0v) is 6.00. The highest BCUT2D eigenvalue weighted by atomic mass is 31.1. The van der Waals surface area contributed by atoms with E-state index in [0.717, 1.165) is 12.8 Å². The molecule has 0 aromatic rings. The molecule has 0 saturated carbocycles. The molecule has 0 aliphatic carbocycles. The molecule has 9 heavy (non-hydrogen) atoms. The van der Waals surface area contributed by atoms with Gasteiger partial charge in [-0.2, -0.15) is 0 Å². The van der Waals surface area contributed by atoms with Crippen LogP contribution in [0.25, 0.3) is 0 Å². The number of rotatable bonds is 1. The molecular formula is C5H10NO2P. The molecule has 0 spiro atoms. The van der Waals surface area contributed by atoms with Crippen molar-refractivity contribution in [3.05, 3.63) is 12.3 Å². The number of allylic oxidation sites excluding steroid dienone is 1. The fourth-order valence-corrected chi connectivity index (χ4v) is 1.46. The normalized spacial score (nSPS) is 29.2. The lowest BCUT2D eigenvalue weighted by Gasteiger charge is -2.15. The van der Waals surface area contributed by atoms with Crippen molar-refractivity contribution in [3.8, 4) is 0 Å². The lowest BCUT2D eigenvalue weighted by atomic mass is 10.2. The van der Waals surface area contributed by atoms with E-state index in [1.165, 1.54) is 0 Å². The summed E-state index contributed by atoms with van der Waals surface area (Å²) in [6.07, 6.45) is 5.40. The van der Waals surface area contributed by atoms with Crippen molar-refractivity contribution in [2.45, 2.75) is 18.6 Å². The van der Waals surface area contributed by atoms with Crippen LogP contribution in [0, 0.1) is 0 Å². The Morgan fingerprint density at radius 1 is 1.78 bits per heavy atom. The molecule has 0 aromatic carbocycles. The maximum Gasteiger partial charge on any atom is 0.210 e. The summed E-state index contributed by atoms with van der Waals surface area (Å²) < 4.78 is 10.4. The van der Waals surface area contributed by atoms with Gasteiger partial charge in [-0.25, -0.2) is 0 Å². The Kier molecular flexibility index (Phi) is 2.31. The molecule has 0 bridgehead atoms. The molecule has 1 heterocycles. The average molecular weight is 147 g/mol. The van der Waals surface area contributed by atoms with Gasteiger partial charge in [0, 0.05) is 0 Å². The molecule has 0 fully saturated rings. The zero-order valence-electron chi connectivity index (χ0n) is 5.00.